The fourth-order valence-corrected chi connectivity index (χ4v) is 7.20. The van der Waals surface area contributed by atoms with Crippen molar-refractivity contribution in [1.29, 1.82) is 0 Å². The molecule has 8 aromatic carbocycles. The number of hydrogen-bond donors (Lipinski definition) is 0. The number of aromatic nitrogens is 1. The maximum Gasteiger partial charge on any atom is 0.0541 e. The van der Waals surface area contributed by atoms with Gasteiger partial charge in [-0.1, -0.05) is 133 Å². The molecule has 0 atom stereocenters. The minimum Gasteiger partial charge on any atom is -0.310 e. The molecule has 2 nitrogen and oxygen atoms in total. The summed E-state index contributed by atoms with van der Waals surface area (Å²) in [5.41, 5.74) is 11.8. The molecule has 1 heterocycles. The van der Waals surface area contributed by atoms with E-state index in [-0.39, 0.29) is 0 Å². The lowest BCUT2D eigenvalue weighted by Crippen LogP contribution is -2.10. The molecule has 0 fully saturated rings. The minimum atomic E-state index is 1.12. The van der Waals surface area contributed by atoms with Crippen LogP contribution < -0.4 is 4.90 Å². The zero-order valence-corrected chi connectivity index (χ0v) is 26.4. The van der Waals surface area contributed by atoms with Gasteiger partial charge in [-0.3, -0.25) is 0 Å². The van der Waals surface area contributed by atoms with Crippen molar-refractivity contribution in [3.63, 3.8) is 0 Å². The van der Waals surface area contributed by atoms with E-state index in [1.54, 1.807) is 0 Å². The highest BCUT2D eigenvalue weighted by Crippen LogP contribution is 2.42. The predicted molar refractivity (Wildman–Crippen MR) is 204 cm³/mol. The molecule has 0 aliphatic rings. The van der Waals surface area contributed by atoms with Crippen LogP contribution in [0.2, 0.25) is 0 Å². The molecule has 48 heavy (non-hydrogen) atoms. The summed E-state index contributed by atoms with van der Waals surface area (Å²) >= 11 is 0. The van der Waals surface area contributed by atoms with Crippen LogP contribution in [0.5, 0.6) is 0 Å². The standard InChI is InChI=1S/C46H32N2/c1-3-18-36(19-4-1)47(44-28-14-16-33-15-7-8-25-41(33)44)38-22-13-17-34(31-38)39-23-9-10-24-40(39)35-29-30-46-43(32-35)42-26-11-12-27-45(42)48(46)37-20-5-2-6-21-37/h1-32H. The Hall–Kier alpha value is -6.38. The summed E-state index contributed by atoms with van der Waals surface area (Å²) in [7, 11) is 0. The molecule has 0 N–H and O–H groups in total. The Bertz CT molecular complexity index is 2560. The Morgan fingerprint density at radius 1 is 0.354 bits per heavy atom. The van der Waals surface area contributed by atoms with Gasteiger partial charge in [-0.2, -0.15) is 0 Å². The molecule has 9 aromatic rings. The van der Waals surface area contributed by atoms with Gasteiger partial charge < -0.3 is 9.47 Å². The number of hydrogen-bond acceptors (Lipinski definition) is 1. The monoisotopic (exact) mass is 612 g/mol. The highest BCUT2D eigenvalue weighted by Gasteiger charge is 2.18. The second-order valence-corrected chi connectivity index (χ2v) is 12.2. The molecule has 9 rings (SSSR count). The van der Waals surface area contributed by atoms with Crippen LogP contribution in [-0.4, -0.2) is 4.57 Å². The summed E-state index contributed by atoms with van der Waals surface area (Å²) < 4.78 is 2.37. The number of rotatable bonds is 6. The van der Waals surface area contributed by atoms with Crippen molar-refractivity contribution >= 4 is 49.6 Å². The average molecular weight is 613 g/mol. The summed E-state index contributed by atoms with van der Waals surface area (Å²) in [6.45, 7) is 0. The zero-order valence-electron chi connectivity index (χ0n) is 26.4. The molecule has 2 heteroatoms. The van der Waals surface area contributed by atoms with Crippen LogP contribution >= 0.6 is 0 Å². The van der Waals surface area contributed by atoms with E-state index in [0.717, 1.165) is 17.1 Å². The molecule has 0 aliphatic heterocycles. The van der Waals surface area contributed by atoms with Crippen LogP contribution in [0.25, 0.3) is 60.5 Å². The molecular weight excluding hydrogens is 581 g/mol. The second kappa shape index (κ2) is 11.8. The normalized spacial score (nSPS) is 11.3. The maximum atomic E-state index is 2.37. The van der Waals surface area contributed by atoms with Gasteiger partial charge in [0, 0.05) is 33.2 Å². The largest absolute Gasteiger partial charge is 0.310 e. The Balaban J connectivity index is 1.20. The van der Waals surface area contributed by atoms with Crippen LogP contribution in [0.3, 0.4) is 0 Å². The smallest absolute Gasteiger partial charge is 0.0541 e. The second-order valence-electron chi connectivity index (χ2n) is 12.2. The molecular formula is C46H32N2. The average Bonchev–Trinajstić information content (AvgIpc) is 3.50. The first-order valence-electron chi connectivity index (χ1n) is 16.4. The lowest BCUT2D eigenvalue weighted by Gasteiger charge is -2.27. The van der Waals surface area contributed by atoms with Crippen molar-refractivity contribution in [2.24, 2.45) is 0 Å². The third-order valence-electron chi connectivity index (χ3n) is 9.36. The third kappa shape index (κ3) is 4.74. The first-order valence-corrected chi connectivity index (χ1v) is 16.4. The quantitative estimate of drug-likeness (QED) is 0.181. The highest BCUT2D eigenvalue weighted by molar-refractivity contribution is 6.11. The van der Waals surface area contributed by atoms with Crippen LogP contribution in [-0.2, 0) is 0 Å². The lowest BCUT2D eigenvalue weighted by molar-refractivity contribution is 1.18. The van der Waals surface area contributed by atoms with Crippen LogP contribution in [0, 0.1) is 0 Å². The summed E-state index contributed by atoms with van der Waals surface area (Å²) in [5, 5.41) is 4.95. The van der Waals surface area contributed by atoms with Gasteiger partial charge in [0.15, 0.2) is 0 Å². The lowest BCUT2D eigenvalue weighted by atomic mass is 9.93. The molecule has 0 amide bonds. The fraction of sp³-hybridized carbons (Fsp3) is 0. The van der Waals surface area contributed by atoms with Crippen molar-refractivity contribution in [2.45, 2.75) is 0 Å². The predicted octanol–water partition coefficient (Wildman–Crippen LogP) is 12.7. The summed E-state index contributed by atoms with van der Waals surface area (Å²) in [4.78, 5) is 2.37. The number of benzene rings is 8. The topological polar surface area (TPSA) is 8.17 Å². The van der Waals surface area contributed by atoms with Gasteiger partial charge in [0.05, 0.1) is 16.7 Å². The van der Waals surface area contributed by atoms with Gasteiger partial charge in [0.25, 0.3) is 0 Å². The number of anilines is 3. The summed E-state index contributed by atoms with van der Waals surface area (Å²) in [6, 6.07) is 69.9. The van der Waals surface area contributed by atoms with E-state index in [2.05, 4.69) is 204 Å². The van der Waals surface area contributed by atoms with E-state index in [1.807, 2.05) is 0 Å². The van der Waals surface area contributed by atoms with Gasteiger partial charge in [0.2, 0.25) is 0 Å². The number of nitrogens with zero attached hydrogens (tertiary/aromatic N) is 2. The van der Waals surface area contributed by atoms with E-state index in [9.17, 15) is 0 Å². The van der Waals surface area contributed by atoms with Gasteiger partial charge in [-0.05, 0) is 88.3 Å². The van der Waals surface area contributed by atoms with E-state index in [1.165, 1.54) is 60.5 Å². The molecule has 1 aromatic heterocycles. The highest BCUT2D eigenvalue weighted by atomic mass is 15.1. The SMILES string of the molecule is c1ccc(N(c2cccc(-c3ccccc3-c3ccc4c(c3)c3ccccc3n4-c3ccccc3)c2)c2cccc3ccccc23)cc1. The number of fused-ring (bicyclic) bond motifs is 4. The molecule has 0 saturated carbocycles. The first kappa shape index (κ1) is 27.9. The molecule has 226 valence electrons. The van der Waals surface area contributed by atoms with Crippen molar-refractivity contribution in [3.8, 4) is 27.9 Å². The van der Waals surface area contributed by atoms with Crippen molar-refractivity contribution in [2.75, 3.05) is 4.90 Å². The van der Waals surface area contributed by atoms with Gasteiger partial charge in [-0.25, -0.2) is 0 Å². The van der Waals surface area contributed by atoms with E-state index >= 15 is 0 Å². The van der Waals surface area contributed by atoms with E-state index in [0.29, 0.717) is 0 Å². The molecule has 0 bridgehead atoms. The minimum absolute atomic E-state index is 1.12. The van der Waals surface area contributed by atoms with Crippen molar-refractivity contribution < 1.29 is 0 Å². The zero-order chi connectivity index (χ0) is 31.9. The van der Waals surface area contributed by atoms with Crippen LogP contribution in [0.1, 0.15) is 0 Å². The van der Waals surface area contributed by atoms with E-state index < -0.39 is 0 Å². The van der Waals surface area contributed by atoms with Crippen LogP contribution in [0.4, 0.5) is 17.1 Å². The van der Waals surface area contributed by atoms with E-state index in [4.69, 9.17) is 0 Å². The Morgan fingerprint density at radius 3 is 1.75 bits per heavy atom. The van der Waals surface area contributed by atoms with Gasteiger partial charge >= 0.3 is 0 Å². The summed E-state index contributed by atoms with van der Waals surface area (Å²) in [5.74, 6) is 0. The molecule has 0 aliphatic carbocycles. The number of para-hydroxylation sites is 3. The fourth-order valence-electron chi connectivity index (χ4n) is 7.20. The molecule has 0 unspecified atom stereocenters. The Morgan fingerprint density at radius 2 is 0.938 bits per heavy atom. The van der Waals surface area contributed by atoms with Gasteiger partial charge in [-0.15, -0.1) is 0 Å². The van der Waals surface area contributed by atoms with Crippen molar-refractivity contribution in [1.82, 2.24) is 4.57 Å². The molecule has 0 saturated heterocycles. The Labute approximate surface area is 280 Å². The summed E-state index contributed by atoms with van der Waals surface area (Å²) in [6.07, 6.45) is 0. The van der Waals surface area contributed by atoms with Crippen molar-refractivity contribution in [3.05, 3.63) is 194 Å². The molecule has 0 radical (unpaired) electrons. The first-order chi connectivity index (χ1) is 23.8. The maximum absolute atomic E-state index is 2.37. The van der Waals surface area contributed by atoms with Crippen LogP contribution in [0.15, 0.2) is 194 Å². The Kier molecular flexibility index (Phi) is 6.84. The van der Waals surface area contributed by atoms with Gasteiger partial charge in [0.1, 0.15) is 0 Å². The third-order valence-corrected chi connectivity index (χ3v) is 9.36. The molecule has 0 spiro atoms.